The molecular weight excluding hydrogens is 325 g/mol. The first-order valence-electron chi connectivity index (χ1n) is 6.68. The van der Waals surface area contributed by atoms with E-state index in [9.17, 15) is 19.6 Å². The van der Waals surface area contributed by atoms with Gasteiger partial charge < -0.3 is 15.9 Å². The van der Waals surface area contributed by atoms with Gasteiger partial charge in [0.25, 0.3) is 0 Å². The Morgan fingerprint density at radius 2 is 1.57 bits per heavy atom. The minimum absolute atomic E-state index is 0.0201. The standard InChI is InChI=1S/C13H22N3O6P/c1-15(2)21-23(20,22-16(3)4)12(11(14)13(18)19)9-5-7-10(17)8-6-9/h5-8,11-12,17H,14H2,1-4H3,(H,18,19)/t11-,12?/m0/s1. The minimum atomic E-state index is -4.02. The predicted molar refractivity (Wildman–Crippen MR) is 83.6 cm³/mol. The summed E-state index contributed by atoms with van der Waals surface area (Å²) >= 11 is 0. The summed E-state index contributed by atoms with van der Waals surface area (Å²) in [6.07, 6.45) is 0. The highest BCUT2D eigenvalue weighted by atomic mass is 31.2. The normalized spacial score (nSPS) is 14.9. The number of aromatic hydroxyl groups is 1. The molecule has 23 heavy (non-hydrogen) atoms. The number of aliphatic carboxylic acids is 1. The number of nitrogens with zero attached hydrogens (tertiary/aromatic N) is 2. The first-order chi connectivity index (χ1) is 10.6. The van der Waals surface area contributed by atoms with E-state index in [-0.39, 0.29) is 5.75 Å². The summed E-state index contributed by atoms with van der Waals surface area (Å²) in [4.78, 5) is 11.4. The Morgan fingerprint density at radius 3 is 1.91 bits per heavy atom. The number of hydroxylamine groups is 4. The Balaban J connectivity index is 3.41. The Bertz CT molecular complexity index is 564. The zero-order chi connectivity index (χ0) is 17.8. The average Bonchev–Trinajstić information content (AvgIpc) is 2.38. The van der Waals surface area contributed by atoms with Crippen molar-refractivity contribution >= 4 is 13.6 Å². The molecule has 0 bridgehead atoms. The van der Waals surface area contributed by atoms with Gasteiger partial charge in [-0.15, -0.1) is 0 Å². The van der Waals surface area contributed by atoms with Crippen LogP contribution in [0.15, 0.2) is 24.3 Å². The van der Waals surface area contributed by atoms with Crippen LogP contribution >= 0.6 is 7.60 Å². The highest BCUT2D eigenvalue weighted by Gasteiger charge is 2.46. The van der Waals surface area contributed by atoms with Crippen LogP contribution in [-0.4, -0.2) is 60.5 Å². The van der Waals surface area contributed by atoms with Gasteiger partial charge in [0, 0.05) is 28.2 Å². The SMILES string of the molecule is CN(C)OP(=O)(ON(C)C)C(c1ccc(O)cc1)[C@H](N)C(=O)O. The lowest BCUT2D eigenvalue weighted by atomic mass is 10.1. The molecule has 0 aliphatic carbocycles. The van der Waals surface area contributed by atoms with Crippen LogP contribution in [0.5, 0.6) is 5.75 Å². The zero-order valence-electron chi connectivity index (χ0n) is 13.4. The van der Waals surface area contributed by atoms with Crippen molar-refractivity contribution in [3.8, 4) is 5.75 Å². The molecule has 1 unspecified atom stereocenters. The molecule has 0 aromatic heterocycles. The van der Waals surface area contributed by atoms with E-state index in [0.717, 1.165) is 10.1 Å². The number of rotatable bonds is 8. The molecule has 1 aromatic carbocycles. The van der Waals surface area contributed by atoms with E-state index >= 15 is 0 Å². The van der Waals surface area contributed by atoms with Crippen molar-refractivity contribution in [1.29, 1.82) is 0 Å². The summed E-state index contributed by atoms with van der Waals surface area (Å²) in [6.45, 7) is 0. The molecule has 0 radical (unpaired) electrons. The monoisotopic (exact) mass is 347 g/mol. The van der Waals surface area contributed by atoms with Crippen molar-refractivity contribution in [3.05, 3.63) is 29.8 Å². The summed E-state index contributed by atoms with van der Waals surface area (Å²) in [5, 5.41) is 21.0. The zero-order valence-corrected chi connectivity index (χ0v) is 14.3. The number of hydrogen-bond donors (Lipinski definition) is 3. The fourth-order valence-corrected chi connectivity index (χ4v) is 4.17. The molecule has 10 heteroatoms. The summed E-state index contributed by atoms with van der Waals surface area (Å²) in [7, 11) is 1.94. The van der Waals surface area contributed by atoms with Gasteiger partial charge >= 0.3 is 13.6 Å². The third-order valence-corrected chi connectivity index (χ3v) is 5.16. The van der Waals surface area contributed by atoms with Crippen molar-refractivity contribution in [2.24, 2.45) is 5.73 Å². The van der Waals surface area contributed by atoms with Gasteiger partial charge in [-0.25, -0.2) is 9.25 Å². The molecule has 0 heterocycles. The summed E-state index contributed by atoms with van der Waals surface area (Å²) < 4.78 is 23.8. The van der Waals surface area contributed by atoms with Gasteiger partial charge in [0.05, 0.1) is 0 Å². The van der Waals surface area contributed by atoms with Gasteiger partial charge in [0.1, 0.15) is 17.5 Å². The van der Waals surface area contributed by atoms with Crippen LogP contribution in [0.3, 0.4) is 0 Å². The number of benzene rings is 1. The van der Waals surface area contributed by atoms with Gasteiger partial charge in [0.2, 0.25) is 0 Å². The molecule has 4 N–H and O–H groups in total. The molecular formula is C13H22N3O6P. The molecule has 130 valence electrons. The van der Waals surface area contributed by atoms with Gasteiger partial charge in [-0.1, -0.05) is 12.1 Å². The molecule has 0 saturated heterocycles. The predicted octanol–water partition coefficient (Wildman–Crippen LogP) is 1.02. The van der Waals surface area contributed by atoms with Gasteiger partial charge in [-0.05, 0) is 17.7 Å². The summed E-state index contributed by atoms with van der Waals surface area (Å²) in [6, 6.07) is 3.99. The number of carboxylic acid groups (broad SMARTS) is 1. The Labute approximate surface area is 134 Å². The number of carbonyl (C=O) groups is 1. The second kappa shape index (κ2) is 7.87. The van der Waals surface area contributed by atoms with E-state index in [1.54, 1.807) is 0 Å². The van der Waals surface area contributed by atoms with Crippen LogP contribution in [0.2, 0.25) is 0 Å². The molecule has 9 nitrogen and oxygen atoms in total. The third-order valence-electron chi connectivity index (χ3n) is 2.75. The second-order valence-electron chi connectivity index (χ2n) is 5.23. The highest BCUT2D eigenvalue weighted by molar-refractivity contribution is 7.54. The third kappa shape index (κ3) is 5.28. The van der Waals surface area contributed by atoms with Crippen LogP contribution in [-0.2, 0) is 18.6 Å². The molecule has 0 aliphatic rings. The smallest absolute Gasteiger partial charge is 0.373 e. The lowest BCUT2D eigenvalue weighted by molar-refractivity contribution is -0.139. The van der Waals surface area contributed by atoms with Crippen LogP contribution in [0.25, 0.3) is 0 Å². The molecule has 0 saturated carbocycles. The van der Waals surface area contributed by atoms with Crippen molar-refractivity contribution < 1.29 is 28.8 Å². The van der Waals surface area contributed by atoms with E-state index in [4.69, 9.17) is 15.0 Å². The first kappa shape index (κ1) is 19.6. The fourth-order valence-electron chi connectivity index (χ4n) is 1.96. The van der Waals surface area contributed by atoms with E-state index < -0.39 is 25.3 Å². The van der Waals surface area contributed by atoms with Crippen molar-refractivity contribution in [2.75, 3.05) is 28.2 Å². The van der Waals surface area contributed by atoms with Crippen molar-refractivity contribution in [2.45, 2.75) is 11.7 Å². The lowest BCUT2D eigenvalue weighted by Crippen LogP contribution is -2.38. The molecule has 0 amide bonds. The average molecular weight is 347 g/mol. The molecule has 0 spiro atoms. The summed E-state index contributed by atoms with van der Waals surface area (Å²) in [5.74, 6) is -1.37. The maximum atomic E-state index is 13.2. The van der Waals surface area contributed by atoms with Crippen LogP contribution in [0, 0.1) is 0 Å². The van der Waals surface area contributed by atoms with E-state index in [1.807, 2.05) is 0 Å². The fraction of sp³-hybridized carbons (Fsp3) is 0.462. The summed E-state index contributed by atoms with van der Waals surface area (Å²) in [5.41, 5.74) is 4.77. The van der Waals surface area contributed by atoms with Crippen LogP contribution < -0.4 is 5.73 Å². The Morgan fingerprint density at radius 1 is 1.13 bits per heavy atom. The number of phenolic OH excluding ortho intramolecular Hbond substituents is 1. The van der Waals surface area contributed by atoms with Gasteiger partial charge in [0.15, 0.2) is 0 Å². The highest BCUT2D eigenvalue weighted by Crippen LogP contribution is 2.62. The lowest BCUT2D eigenvalue weighted by Gasteiger charge is -2.32. The number of hydrogen-bond acceptors (Lipinski definition) is 8. The quantitative estimate of drug-likeness (QED) is 0.467. The van der Waals surface area contributed by atoms with Crippen LogP contribution in [0.1, 0.15) is 11.2 Å². The Kier molecular flexibility index (Phi) is 6.69. The van der Waals surface area contributed by atoms with Gasteiger partial charge in [-0.2, -0.15) is 10.1 Å². The number of carboxylic acids is 1. The van der Waals surface area contributed by atoms with E-state index in [1.165, 1.54) is 52.5 Å². The largest absolute Gasteiger partial charge is 0.508 e. The molecule has 0 aliphatic heterocycles. The van der Waals surface area contributed by atoms with E-state index in [2.05, 4.69) is 0 Å². The molecule has 1 rings (SSSR count). The van der Waals surface area contributed by atoms with Crippen molar-refractivity contribution in [1.82, 2.24) is 10.1 Å². The maximum Gasteiger partial charge on any atom is 0.373 e. The second-order valence-corrected chi connectivity index (χ2v) is 7.19. The maximum absolute atomic E-state index is 13.2. The number of nitrogens with two attached hydrogens (primary N) is 1. The van der Waals surface area contributed by atoms with Crippen LogP contribution in [0.4, 0.5) is 0 Å². The molecule has 2 atom stereocenters. The molecule has 0 fully saturated rings. The number of phenols is 1. The van der Waals surface area contributed by atoms with Crippen molar-refractivity contribution in [3.63, 3.8) is 0 Å². The first-order valence-corrected chi connectivity index (χ1v) is 8.29. The minimum Gasteiger partial charge on any atom is -0.508 e. The van der Waals surface area contributed by atoms with Gasteiger partial charge in [-0.3, -0.25) is 9.36 Å². The van der Waals surface area contributed by atoms with E-state index in [0.29, 0.717) is 5.56 Å². The molecule has 1 aromatic rings. The Hall–Kier alpha value is -1.48. The topological polar surface area (TPSA) is 126 Å².